The van der Waals surface area contributed by atoms with Crippen LogP contribution in [0, 0.1) is 11.8 Å². The highest BCUT2D eigenvalue weighted by molar-refractivity contribution is 5.66. The van der Waals surface area contributed by atoms with Crippen LogP contribution in [0.3, 0.4) is 0 Å². The molecule has 2 fully saturated rings. The minimum absolute atomic E-state index is 0.173. The lowest BCUT2D eigenvalue weighted by Gasteiger charge is -2.44. The average molecular weight is 424 g/mol. The molecule has 1 saturated carbocycles. The number of piperidine rings is 1. The van der Waals surface area contributed by atoms with Crippen LogP contribution in [0.4, 0.5) is 0 Å². The van der Waals surface area contributed by atoms with Gasteiger partial charge in [0.15, 0.2) is 0 Å². The molecule has 0 bridgehead atoms. The summed E-state index contributed by atoms with van der Waals surface area (Å²) in [6.45, 7) is 5.42. The van der Waals surface area contributed by atoms with E-state index in [1.54, 1.807) is 0 Å². The van der Waals surface area contributed by atoms with E-state index in [0.717, 1.165) is 38.1 Å². The summed E-state index contributed by atoms with van der Waals surface area (Å²) in [4.78, 5) is 13.8. The van der Waals surface area contributed by atoms with Crippen LogP contribution in [0.1, 0.15) is 70.4 Å². The number of aromatic nitrogens is 1. The number of nitrogens with one attached hydrogen (secondary N) is 1. The molecule has 170 valence electrons. The molecule has 1 aliphatic heterocycles. The number of hydrogen-bond donors (Lipinski definition) is 1. The second kappa shape index (κ2) is 9.87. The van der Waals surface area contributed by atoms with Crippen LogP contribution < -0.4 is 15.9 Å². The largest absolute Gasteiger partial charge is 0.345 e. The molecule has 4 aliphatic rings. The molecule has 3 aliphatic carbocycles. The molecule has 1 saturated heterocycles. The van der Waals surface area contributed by atoms with Gasteiger partial charge in [-0.3, -0.25) is 0 Å². The highest BCUT2D eigenvalue weighted by atomic mass is 16.1. The summed E-state index contributed by atoms with van der Waals surface area (Å²) < 4.78 is 2.44. The number of allylic oxidation sites excluding steroid dienone is 2. The molecule has 0 aromatic carbocycles. The summed E-state index contributed by atoms with van der Waals surface area (Å²) in [7, 11) is 4.25. The molecule has 3 atom stereocenters. The van der Waals surface area contributed by atoms with Crippen LogP contribution in [0.25, 0.3) is 11.6 Å². The third-order valence-electron chi connectivity index (χ3n) is 7.88. The number of likely N-dealkylation sites (tertiary alicyclic amines) is 1. The van der Waals surface area contributed by atoms with Crippen molar-refractivity contribution in [1.82, 2.24) is 14.8 Å². The fraction of sp³-hybridized carbons (Fsp3) is 0.667. The summed E-state index contributed by atoms with van der Waals surface area (Å²) in [6, 6.07) is 1.85. The molecule has 0 spiro atoms. The lowest BCUT2D eigenvalue weighted by atomic mass is 9.73. The minimum Gasteiger partial charge on any atom is -0.345 e. The van der Waals surface area contributed by atoms with Crippen molar-refractivity contribution in [1.29, 1.82) is 0 Å². The smallest absolute Gasteiger partial charge is 0.124 e. The monoisotopic (exact) mass is 423 g/mol. The van der Waals surface area contributed by atoms with Crippen LogP contribution in [0.2, 0.25) is 0 Å². The number of nitrogens with zero attached hydrogens (tertiary/aromatic N) is 2. The van der Waals surface area contributed by atoms with Crippen LogP contribution >= 0.6 is 0 Å². The molecule has 1 aromatic rings. The molecule has 0 radical (unpaired) electrons. The Kier molecular flexibility index (Phi) is 7.18. The Hall–Kier alpha value is -1.65. The van der Waals surface area contributed by atoms with Gasteiger partial charge in [-0.25, -0.2) is 0 Å². The van der Waals surface area contributed by atoms with Crippen molar-refractivity contribution >= 4 is 17.9 Å². The molecule has 5 rings (SSSR count). The van der Waals surface area contributed by atoms with Gasteiger partial charge in [0.05, 0.1) is 0 Å². The van der Waals surface area contributed by atoms with Gasteiger partial charge in [-0.15, -0.1) is 0 Å². The van der Waals surface area contributed by atoms with E-state index in [9.17, 15) is 4.79 Å². The van der Waals surface area contributed by atoms with Crippen LogP contribution in [0.5, 0.6) is 0 Å². The highest BCUT2D eigenvalue weighted by Gasteiger charge is 2.39. The van der Waals surface area contributed by atoms with Gasteiger partial charge < -0.3 is 19.6 Å². The van der Waals surface area contributed by atoms with Crippen LogP contribution in [-0.4, -0.2) is 48.5 Å². The zero-order chi connectivity index (χ0) is 22.0. The number of carbonyl (C=O) groups is 1. The molecule has 4 heteroatoms. The number of likely N-dealkylation sites (N-methyl/N-ethyl adjacent to an activating group) is 1. The Morgan fingerprint density at radius 2 is 1.97 bits per heavy atom. The first kappa shape index (κ1) is 22.5. The van der Waals surface area contributed by atoms with E-state index in [4.69, 9.17) is 0 Å². The first-order chi connectivity index (χ1) is 15.0. The van der Waals surface area contributed by atoms with Gasteiger partial charge in [-0.1, -0.05) is 37.5 Å². The standard InChI is InChI=1S/C20H26N2O.C7H15N/c1-13(2)22-11-15-9-19-17(8-14(12-23)10-21(19)3)16-6-4-5-7-18(22)20(15)16;1-8-7-5-3-2-4-6-7/h4,6-7,11-14,17,19H,5,8-10H2,1-3H3;7-8H,2-6H2,1H3/t14-,17?,19-;/m1./s1. The summed E-state index contributed by atoms with van der Waals surface area (Å²) in [5.41, 5.74) is 2.96. The number of fused-ring (bicyclic) bond motifs is 2. The number of aldehydes is 1. The third-order valence-corrected chi connectivity index (χ3v) is 7.88. The Labute approximate surface area is 188 Å². The Bertz CT molecular complexity index is 919. The molecule has 31 heavy (non-hydrogen) atoms. The van der Waals surface area contributed by atoms with Gasteiger partial charge in [-0.2, -0.15) is 0 Å². The van der Waals surface area contributed by atoms with Gasteiger partial charge in [0.25, 0.3) is 0 Å². The number of carbonyl (C=O) groups excluding carboxylic acids is 1. The maximum atomic E-state index is 11.4. The van der Waals surface area contributed by atoms with Gasteiger partial charge in [0.2, 0.25) is 0 Å². The number of hydrogen-bond acceptors (Lipinski definition) is 3. The van der Waals surface area contributed by atoms with Crippen molar-refractivity contribution < 1.29 is 4.79 Å². The SMILES string of the molecule is CC(C)n1cc2c3c1=CCC=CC=3C1C[C@@H](C=O)CN(C)[C@@H]1C2.CNC1CCCCC1. The Morgan fingerprint density at radius 1 is 1.19 bits per heavy atom. The van der Waals surface area contributed by atoms with Gasteiger partial charge in [-0.05, 0) is 71.2 Å². The van der Waals surface area contributed by atoms with E-state index in [0.29, 0.717) is 18.0 Å². The first-order valence-electron chi connectivity index (χ1n) is 12.5. The van der Waals surface area contributed by atoms with E-state index < -0.39 is 0 Å². The van der Waals surface area contributed by atoms with E-state index in [1.165, 1.54) is 53.8 Å². The quantitative estimate of drug-likeness (QED) is 0.759. The molecule has 1 aromatic heterocycles. The second-order valence-corrected chi connectivity index (χ2v) is 10.3. The van der Waals surface area contributed by atoms with E-state index in [-0.39, 0.29) is 5.92 Å². The molecular formula is C27H41N3O. The molecular weight excluding hydrogens is 382 g/mol. The van der Waals surface area contributed by atoms with E-state index in [2.05, 4.69) is 67.2 Å². The zero-order valence-electron chi connectivity index (χ0n) is 19.9. The van der Waals surface area contributed by atoms with Crippen LogP contribution in [-0.2, 0) is 11.2 Å². The minimum atomic E-state index is 0.173. The predicted octanol–water partition coefficient (Wildman–Crippen LogP) is 3.19. The lowest BCUT2D eigenvalue weighted by molar-refractivity contribution is -0.113. The van der Waals surface area contributed by atoms with Crippen LogP contribution in [0.15, 0.2) is 18.3 Å². The Balaban J connectivity index is 0.000000245. The molecule has 2 heterocycles. The van der Waals surface area contributed by atoms with Gasteiger partial charge >= 0.3 is 0 Å². The van der Waals surface area contributed by atoms with Crippen molar-refractivity contribution in [3.05, 3.63) is 34.5 Å². The lowest BCUT2D eigenvalue weighted by Crippen LogP contribution is -2.52. The fourth-order valence-corrected chi connectivity index (χ4v) is 6.20. The van der Waals surface area contributed by atoms with E-state index in [1.807, 2.05) is 0 Å². The summed E-state index contributed by atoms with van der Waals surface area (Å²) in [6.07, 6.45) is 20.8. The van der Waals surface area contributed by atoms with Gasteiger partial charge in [0, 0.05) is 53.3 Å². The van der Waals surface area contributed by atoms with Crippen molar-refractivity contribution in [2.75, 3.05) is 20.6 Å². The molecule has 0 amide bonds. The normalized spacial score (nSPS) is 28.2. The molecule has 1 N–H and O–H groups in total. The summed E-state index contributed by atoms with van der Waals surface area (Å²) in [5.74, 6) is 0.660. The second-order valence-electron chi connectivity index (χ2n) is 10.3. The number of rotatable bonds is 3. The van der Waals surface area contributed by atoms with Crippen molar-refractivity contribution in [3.8, 4) is 0 Å². The van der Waals surface area contributed by atoms with E-state index >= 15 is 0 Å². The summed E-state index contributed by atoms with van der Waals surface area (Å²) >= 11 is 0. The predicted molar refractivity (Wildman–Crippen MR) is 129 cm³/mol. The van der Waals surface area contributed by atoms with Crippen molar-refractivity contribution in [2.24, 2.45) is 11.8 Å². The zero-order valence-corrected chi connectivity index (χ0v) is 19.9. The summed E-state index contributed by atoms with van der Waals surface area (Å²) in [5, 5.41) is 6.16. The van der Waals surface area contributed by atoms with Gasteiger partial charge in [0.1, 0.15) is 6.29 Å². The average Bonchev–Trinajstić information content (AvgIpc) is 3.01. The Morgan fingerprint density at radius 3 is 2.61 bits per heavy atom. The fourth-order valence-electron chi connectivity index (χ4n) is 6.20. The first-order valence-corrected chi connectivity index (χ1v) is 12.5. The third kappa shape index (κ3) is 4.61. The maximum absolute atomic E-state index is 11.4. The van der Waals surface area contributed by atoms with Crippen molar-refractivity contribution in [3.63, 3.8) is 0 Å². The maximum Gasteiger partial charge on any atom is 0.124 e. The van der Waals surface area contributed by atoms with Crippen molar-refractivity contribution in [2.45, 2.75) is 83.3 Å². The molecule has 4 nitrogen and oxygen atoms in total. The topological polar surface area (TPSA) is 37.3 Å². The molecule has 1 unspecified atom stereocenters. The highest BCUT2D eigenvalue weighted by Crippen LogP contribution is 2.36.